The molecule has 1 aromatic heterocycles. The molecular formula is C15H25N3OS. The van der Waals surface area contributed by atoms with Crippen LogP contribution in [0.3, 0.4) is 0 Å². The van der Waals surface area contributed by atoms with Gasteiger partial charge in [0.15, 0.2) is 5.96 Å². The molecule has 0 unspecified atom stereocenters. The molecular weight excluding hydrogens is 270 g/mol. The van der Waals surface area contributed by atoms with Gasteiger partial charge in [0.25, 0.3) is 0 Å². The Balaban J connectivity index is 1.88. The number of guanidine groups is 1. The molecule has 5 heteroatoms. The van der Waals surface area contributed by atoms with Crippen LogP contribution in [0.4, 0.5) is 0 Å². The molecule has 1 aromatic rings. The van der Waals surface area contributed by atoms with Crippen LogP contribution in [-0.4, -0.2) is 29.8 Å². The highest BCUT2D eigenvalue weighted by molar-refractivity contribution is 7.11. The first-order valence-corrected chi connectivity index (χ1v) is 8.23. The fourth-order valence-corrected chi connectivity index (χ4v) is 3.34. The summed E-state index contributed by atoms with van der Waals surface area (Å²) in [5, 5.41) is 16.9. The van der Waals surface area contributed by atoms with Gasteiger partial charge in [-0.05, 0) is 38.8 Å². The first kappa shape index (κ1) is 15.3. The number of hydrogen-bond acceptors (Lipinski definition) is 3. The Bertz CT molecular complexity index is 450. The Morgan fingerprint density at radius 3 is 2.70 bits per heavy atom. The number of rotatable bonds is 5. The van der Waals surface area contributed by atoms with E-state index < -0.39 is 5.60 Å². The van der Waals surface area contributed by atoms with Crippen LogP contribution in [0.2, 0.25) is 0 Å². The summed E-state index contributed by atoms with van der Waals surface area (Å²) in [6.07, 6.45) is 4.04. The van der Waals surface area contributed by atoms with Crippen LogP contribution in [-0.2, 0) is 6.54 Å². The van der Waals surface area contributed by atoms with Crippen LogP contribution in [0.1, 0.15) is 42.4 Å². The zero-order chi connectivity index (χ0) is 14.4. The standard InChI is InChI=1S/C15H25N3OS/c1-3-16-14(17-10-13-7-6-12(2)20-13)18-11-15(19)8-4-5-9-15/h6-7,19H,3-5,8-11H2,1-2H3,(H2,16,17,18). The van der Waals surface area contributed by atoms with Crippen molar-refractivity contribution >= 4 is 17.3 Å². The first-order valence-electron chi connectivity index (χ1n) is 7.41. The van der Waals surface area contributed by atoms with Crippen LogP contribution in [0.15, 0.2) is 17.1 Å². The molecule has 3 N–H and O–H groups in total. The summed E-state index contributed by atoms with van der Waals surface area (Å²) in [4.78, 5) is 7.16. The quantitative estimate of drug-likeness (QED) is 0.577. The van der Waals surface area contributed by atoms with Crippen molar-refractivity contribution in [3.05, 3.63) is 21.9 Å². The molecule has 0 bridgehead atoms. The fourth-order valence-electron chi connectivity index (χ4n) is 2.53. The third kappa shape index (κ3) is 4.49. The van der Waals surface area contributed by atoms with Crippen LogP contribution < -0.4 is 10.6 Å². The molecule has 2 rings (SSSR count). The van der Waals surface area contributed by atoms with Gasteiger partial charge in [-0.15, -0.1) is 11.3 Å². The minimum absolute atomic E-state index is 0.546. The lowest BCUT2D eigenvalue weighted by Gasteiger charge is -2.23. The smallest absolute Gasteiger partial charge is 0.191 e. The number of aliphatic imine (C=N–C) groups is 1. The molecule has 0 spiro atoms. The number of nitrogens with zero attached hydrogens (tertiary/aromatic N) is 1. The van der Waals surface area contributed by atoms with Crippen molar-refractivity contribution in [3.63, 3.8) is 0 Å². The largest absolute Gasteiger partial charge is 0.388 e. The minimum atomic E-state index is -0.546. The van der Waals surface area contributed by atoms with Gasteiger partial charge in [-0.2, -0.15) is 0 Å². The summed E-state index contributed by atoms with van der Waals surface area (Å²) in [5.74, 6) is 0.791. The van der Waals surface area contributed by atoms with Gasteiger partial charge in [0.2, 0.25) is 0 Å². The van der Waals surface area contributed by atoms with Gasteiger partial charge in [-0.1, -0.05) is 12.8 Å². The summed E-state index contributed by atoms with van der Waals surface area (Å²) in [5.41, 5.74) is -0.546. The predicted octanol–water partition coefficient (Wildman–Crippen LogP) is 2.42. The average molecular weight is 295 g/mol. The summed E-state index contributed by atoms with van der Waals surface area (Å²) in [7, 11) is 0. The Hall–Kier alpha value is -1.07. The Labute approximate surface area is 125 Å². The normalized spacial score (nSPS) is 18.2. The SMILES string of the molecule is CCNC(=NCc1ccc(C)s1)NCC1(O)CCCC1. The van der Waals surface area contributed by atoms with Crippen molar-refractivity contribution < 1.29 is 5.11 Å². The number of nitrogens with one attached hydrogen (secondary N) is 2. The Morgan fingerprint density at radius 1 is 1.35 bits per heavy atom. The molecule has 0 saturated heterocycles. The molecule has 0 atom stereocenters. The van der Waals surface area contributed by atoms with E-state index in [9.17, 15) is 5.11 Å². The Morgan fingerprint density at radius 2 is 2.10 bits per heavy atom. The second kappa shape index (κ2) is 7.09. The second-order valence-electron chi connectivity index (χ2n) is 5.49. The lowest BCUT2D eigenvalue weighted by molar-refractivity contribution is 0.0522. The maximum atomic E-state index is 10.4. The lowest BCUT2D eigenvalue weighted by Crippen LogP contribution is -2.45. The lowest BCUT2D eigenvalue weighted by atomic mass is 10.0. The van der Waals surface area contributed by atoms with Crippen LogP contribution in [0.25, 0.3) is 0 Å². The van der Waals surface area contributed by atoms with Crippen molar-refractivity contribution in [2.75, 3.05) is 13.1 Å². The summed E-state index contributed by atoms with van der Waals surface area (Å²) >= 11 is 1.78. The molecule has 1 heterocycles. The highest BCUT2D eigenvalue weighted by atomic mass is 32.1. The van der Waals surface area contributed by atoms with E-state index in [1.54, 1.807) is 11.3 Å². The maximum absolute atomic E-state index is 10.4. The molecule has 0 radical (unpaired) electrons. The average Bonchev–Trinajstić information content (AvgIpc) is 3.03. The maximum Gasteiger partial charge on any atom is 0.191 e. The fraction of sp³-hybridized carbons (Fsp3) is 0.667. The van der Waals surface area contributed by atoms with Gasteiger partial charge in [0, 0.05) is 22.8 Å². The second-order valence-corrected chi connectivity index (χ2v) is 6.86. The van der Waals surface area contributed by atoms with Gasteiger partial charge in [-0.25, -0.2) is 4.99 Å². The van der Waals surface area contributed by atoms with Gasteiger partial charge in [-0.3, -0.25) is 0 Å². The zero-order valence-electron chi connectivity index (χ0n) is 12.4. The van der Waals surface area contributed by atoms with Gasteiger partial charge >= 0.3 is 0 Å². The molecule has 0 aromatic carbocycles. The molecule has 1 aliphatic carbocycles. The molecule has 1 saturated carbocycles. The van der Waals surface area contributed by atoms with Crippen LogP contribution in [0, 0.1) is 6.92 Å². The van der Waals surface area contributed by atoms with Crippen molar-refractivity contribution in [3.8, 4) is 0 Å². The van der Waals surface area contributed by atoms with E-state index in [1.165, 1.54) is 9.75 Å². The third-order valence-electron chi connectivity index (χ3n) is 3.65. The van der Waals surface area contributed by atoms with E-state index in [2.05, 4.69) is 41.6 Å². The van der Waals surface area contributed by atoms with E-state index >= 15 is 0 Å². The van der Waals surface area contributed by atoms with Crippen LogP contribution in [0.5, 0.6) is 0 Å². The Kier molecular flexibility index (Phi) is 5.43. The van der Waals surface area contributed by atoms with E-state index in [-0.39, 0.29) is 0 Å². The third-order valence-corrected chi connectivity index (χ3v) is 4.64. The summed E-state index contributed by atoms with van der Waals surface area (Å²) in [6.45, 7) is 6.26. The van der Waals surface area contributed by atoms with Gasteiger partial charge < -0.3 is 15.7 Å². The van der Waals surface area contributed by atoms with Crippen LogP contribution >= 0.6 is 11.3 Å². The van der Waals surface area contributed by atoms with Crippen molar-refractivity contribution in [1.82, 2.24) is 10.6 Å². The minimum Gasteiger partial charge on any atom is -0.388 e. The van der Waals surface area contributed by atoms with E-state index in [1.807, 2.05) is 0 Å². The molecule has 4 nitrogen and oxygen atoms in total. The van der Waals surface area contributed by atoms with E-state index in [0.29, 0.717) is 13.1 Å². The predicted molar refractivity (Wildman–Crippen MR) is 85.3 cm³/mol. The molecule has 112 valence electrons. The number of thiophene rings is 1. The van der Waals surface area contributed by atoms with Gasteiger partial charge in [0.05, 0.1) is 12.1 Å². The van der Waals surface area contributed by atoms with Crippen molar-refractivity contribution in [1.29, 1.82) is 0 Å². The molecule has 20 heavy (non-hydrogen) atoms. The number of aliphatic hydroxyl groups is 1. The van der Waals surface area contributed by atoms with E-state index in [4.69, 9.17) is 0 Å². The van der Waals surface area contributed by atoms with Crippen molar-refractivity contribution in [2.24, 2.45) is 4.99 Å². The van der Waals surface area contributed by atoms with Gasteiger partial charge in [0.1, 0.15) is 0 Å². The van der Waals surface area contributed by atoms with E-state index in [0.717, 1.165) is 38.2 Å². The molecule has 1 fully saturated rings. The van der Waals surface area contributed by atoms with Crippen molar-refractivity contribution in [2.45, 2.75) is 51.7 Å². The summed E-state index contributed by atoms with van der Waals surface area (Å²) in [6, 6.07) is 4.24. The topological polar surface area (TPSA) is 56.7 Å². The number of aryl methyl sites for hydroxylation is 1. The number of hydrogen-bond donors (Lipinski definition) is 3. The monoisotopic (exact) mass is 295 g/mol. The first-order chi connectivity index (χ1) is 9.61. The highest BCUT2D eigenvalue weighted by Gasteiger charge is 2.30. The zero-order valence-corrected chi connectivity index (χ0v) is 13.2. The molecule has 0 aliphatic heterocycles. The summed E-state index contributed by atoms with van der Waals surface area (Å²) < 4.78 is 0. The molecule has 1 aliphatic rings. The molecule has 0 amide bonds. The highest BCUT2D eigenvalue weighted by Crippen LogP contribution is 2.28.